The molecule has 2 heterocycles. The summed E-state index contributed by atoms with van der Waals surface area (Å²) in [6, 6.07) is 0.818. The fourth-order valence-corrected chi connectivity index (χ4v) is 2.88. The zero-order chi connectivity index (χ0) is 11.2. The predicted octanol–water partition coefficient (Wildman–Crippen LogP) is 1.16. The molecule has 2 saturated heterocycles. The summed E-state index contributed by atoms with van der Waals surface area (Å²) >= 11 is 0. The molecule has 0 aromatic carbocycles. The minimum absolute atomic E-state index is 0.818. The van der Waals surface area contributed by atoms with Gasteiger partial charge in [-0.15, -0.1) is 0 Å². The number of rotatable bonds is 3. The first-order valence-electron chi connectivity index (χ1n) is 7.03. The monoisotopic (exact) mass is 225 g/mol. The molecule has 1 unspecified atom stereocenters. The maximum Gasteiger partial charge on any atom is 0.0112 e. The van der Waals surface area contributed by atoms with Crippen LogP contribution < -0.4 is 5.32 Å². The second kappa shape index (κ2) is 6.58. The van der Waals surface area contributed by atoms with Gasteiger partial charge in [0.05, 0.1) is 0 Å². The van der Waals surface area contributed by atoms with Crippen LogP contribution in [-0.2, 0) is 0 Å². The standard InChI is InChI=1S/C13H27N3/c1-13-5-2-3-9-16(13)12-11-15-8-4-6-14-7-10-15/h13-14H,2-12H2,1H3. The Hall–Kier alpha value is -0.120. The summed E-state index contributed by atoms with van der Waals surface area (Å²) in [5.41, 5.74) is 0. The number of likely N-dealkylation sites (tertiary alicyclic amines) is 1. The molecule has 2 rings (SSSR count). The molecule has 0 saturated carbocycles. The van der Waals surface area contributed by atoms with Crippen LogP contribution in [0, 0.1) is 0 Å². The summed E-state index contributed by atoms with van der Waals surface area (Å²) in [4.78, 5) is 5.31. The van der Waals surface area contributed by atoms with Crippen molar-refractivity contribution in [3.05, 3.63) is 0 Å². The van der Waals surface area contributed by atoms with Gasteiger partial charge in [0.1, 0.15) is 0 Å². The van der Waals surface area contributed by atoms with Gasteiger partial charge in [-0.05, 0) is 45.8 Å². The fourth-order valence-electron chi connectivity index (χ4n) is 2.88. The van der Waals surface area contributed by atoms with Crippen LogP contribution >= 0.6 is 0 Å². The van der Waals surface area contributed by atoms with E-state index in [2.05, 4.69) is 22.0 Å². The van der Waals surface area contributed by atoms with Crippen LogP contribution in [0.4, 0.5) is 0 Å². The molecule has 0 aromatic heterocycles. The van der Waals surface area contributed by atoms with Gasteiger partial charge >= 0.3 is 0 Å². The lowest BCUT2D eigenvalue weighted by Crippen LogP contribution is -2.43. The van der Waals surface area contributed by atoms with E-state index in [1.807, 2.05) is 0 Å². The van der Waals surface area contributed by atoms with Crippen molar-refractivity contribution < 1.29 is 0 Å². The van der Waals surface area contributed by atoms with Gasteiger partial charge in [0.25, 0.3) is 0 Å². The molecule has 2 aliphatic rings. The van der Waals surface area contributed by atoms with E-state index >= 15 is 0 Å². The largest absolute Gasteiger partial charge is 0.315 e. The van der Waals surface area contributed by atoms with Gasteiger partial charge in [-0.25, -0.2) is 0 Å². The van der Waals surface area contributed by atoms with Crippen molar-refractivity contribution in [1.82, 2.24) is 15.1 Å². The van der Waals surface area contributed by atoms with Crippen molar-refractivity contribution in [3.8, 4) is 0 Å². The van der Waals surface area contributed by atoms with Gasteiger partial charge in [0, 0.05) is 32.2 Å². The van der Waals surface area contributed by atoms with E-state index in [4.69, 9.17) is 0 Å². The SMILES string of the molecule is CC1CCCCN1CCN1CCCNCC1. The predicted molar refractivity (Wildman–Crippen MR) is 68.8 cm³/mol. The Morgan fingerprint density at radius 1 is 1.00 bits per heavy atom. The first-order valence-corrected chi connectivity index (χ1v) is 7.03. The van der Waals surface area contributed by atoms with Gasteiger partial charge in [0.15, 0.2) is 0 Å². The number of nitrogens with zero attached hydrogens (tertiary/aromatic N) is 2. The highest BCUT2D eigenvalue weighted by atomic mass is 15.2. The number of piperidine rings is 1. The highest BCUT2D eigenvalue weighted by Crippen LogP contribution is 2.15. The molecule has 3 nitrogen and oxygen atoms in total. The molecule has 0 bridgehead atoms. The minimum atomic E-state index is 0.818. The van der Waals surface area contributed by atoms with Crippen LogP contribution in [0.15, 0.2) is 0 Å². The second-order valence-electron chi connectivity index (χ2n) is 5.33. The lowest BCUT2D eigenvalue weighted by atomic mass is 10.0. The maximum absolute atomic E-state index is 3.47. The van der Waals surface area contributed by atoms with Crippen molar-refractivity contribution in [3.63, 3.8) is 0 Å². The zero-order valence-corrected chi connectivity index (χ0v) is 10.7. The van der Waals surface area contributed by atoms with E-state index in [1.165, 1.54) is 71.5 Å². The van der Waals surface area contributed by atoms with Gasteiger partial charge in [0.2, 0.25) is 0 Å². The Balaban J connectivity index is 1.68. The minimum Gasteiger partial charge on any atom is -0.315 e. The zero-order valence-electron chi connectivity index (χ0n) is 10.7. The highest BCUT2D eigenvalue weighted by molar-refractivity contribution is 4.75. The normalized spacial score (nSPS) is 30.2. The molecule has 0 aromatic rings. The third kappa shape index (κ3) is 3.72. The highest BCUT2D eigenvalue weighted by Gasteiger charge is 2.18. The lowest BCUT2D eigenvalue weighted by Gasteiger charge is -2.34. The van der Waals surface area contributed by atoms with Gasteiger partial charge < -0.3 is 10.2 Å². The molecule has 94 valence electrons. The number of hydrogen-bond acceptors (Lipinski definition) is 3. The molecule has 0 spiro atoms. The summed E-state index contributed by atoms with van der Waals surface area (Å²) in [6.07, 6.45) is 5.56. The molecule has 2 aliphatic heterocycles. The summed E-state index contributed by atoms with van der Waals surface area (Å²) in [5.74, 6) is 0. The molecule has 2 fully saturated rings. The average molecular weight is 225 g/mol. The molecule has 16 heavy (non-hydrogen) atoms. The van der Waals surface area contributed by atoms with Gasteiger partial charge in [-0.2, -0.15) is 0 Å². The summed E-state index contributed by atoms with van der Waals surface area (Å²) < 4.78 is 0. The van der Waals surface area contributed by atoms with E-state index in [0.29, 0.717) is 0 Å². The lowest BCUT2D eigenvalue weighted by molar-refractivity contribution is 0.137. The summed E-state index contributed by atoms with van der Waals surface area (Å²) in [6.45, 7) is 11.2. The third-order valence-corrected chi connectivity index (χ3v) is 4.08. The van der Waals surface area contributed by atoms with Crippen LogP contribution in [0.1, 0.15) is 32.6 Å². The number of nitrogens with one attached hydrogen (secondary N) is 1. The van der Waals surface area contributed by atoms with Gasteiger partial charge in [-0.1, -0.05) is 6.42 Å². The van der Waals surface area contributed by atoms with Crippen molar-refractivity contribution in [2.24, 2.45) is 0 Å². The topological polar surface area (TPSA) is 18.5 Å². The molecular weight excluding hydrogens is 198 g/mol. The second-order valence-corrected chi connectivity index (χ2v) is 5.33. The molecule has 1 N–H and O–H groups in total. The quantitative estimate of drug-likeness (QED) is 0.777. The molecule has 0 amide bonds. The molecule has 1 atom stereocenters. The summed E-state index contributed by atoms with van der Waals surface area (Å²) in [5, 5.41) is 3.47. The molecule has 0 radical (unpaired) electrons. The molecule has 3 heteroatoms. The molecular formula is C13H27N3. The van der Waals surface area contributed by atoms with E-state index in [-0.39, 0.29) is 0 Å². The van der Waals surface area contributed by atoms with E-state index < -0.39 is 0 Å². The maximum atomic E-state index is 3.47. The Morgan fingerprint density at radius 2 is 1.94 bits per heavy atom. The van der Waals surface area contributed by atoms with Crippen molar-refractivity contribution in [2.45, 2.75) is 38.6 Å². The van der Waals surface area contributed by atoms with Crippen LogP contribution in [0.2, 0.25) is 0 Å². The summed E-state index contributed by atoms with van der Waals surface area (Å²) in [7, 11) is 0. The first-order chi connectivity index (χ1) is 7.86. The first kappa shape index (κ1) is 12.3. The van der Waals surface area contributed by atoms with E-state index in [1.54, 1.807) is 0 Å². The van der Waals surface area contributed by atoms with E-state index in [0.717, 1.165) is 6.04 Å². The Labute approximate surface area is 100 Å². The van der Waals surface area contributed by atoms with Crippen molar-refractivity contribution in [2.75, 3.05) is 45.8 Å². The van der Waals surface area contributed by atoms with Crippen LogP contribution in [-0.4, -0.2) is 61.7 Å². The fraction of sp³-hybridized carbons (Fsp3) is 1.00. The van der Waals surface area contributed by atoms with Crippen LogP contribution in [0.3, 0.4) is 0 Å². The van der Waals surface area contributed by atoms with Crippen molar-refractivity contribution >= 4 is 0 Å². The van der Waals surface area contributed by atoms with Crippen molar-refractivity contribution in [1.29, 1.82) is 0 Å². The smallest absolute Gasteiger partial charge is 0.0112 e. The average Bonchev–Trinajstić information content (AvgIpc) is 2.56. The third-order valence-electron chi connectivity index (χ3n) is 4.08. The van der Waals surface area contributed by atoms with Crippen LogP contribution in [0.25, 0.3) is 0 Å². The van der Waals surface area contributed by atoms with E-state index in [9.17, 15) is 0 Å². The van der Waals surface area contributed by atoms with Gasteiger partial charge in [-0.3, -0.25) is 4.90 Å². The Kier molecular flexibility index (Phi) is 5.07. The Bertz CT molecular complexity index is 188. The number of hydrogen-bond donors (Lipinski definition) is 1. The van der Waals surface area contributed by atoms with Crippen LogP contribution in [0.5, 0.6) is 0 Å². The Morgan fingerprint density at radius 3 is 2.81 bits per heavy atom. The molecule has 0 aliphatic carbocycles.